The number of halogens is 2. The zero-order valence-electron chi connectivity index (χ0n) is 16.1. The minimum atomic E-state index is -1.22. The van der Waals surface area contributed by atoms with E-state index >= 15 is 0 Å². The van der Waals surface area contributed by atoms with Crippen LogP contribution in [0.4, 0.5) is 0 Å². The number of carboxylic acids is 2. The Kier molecular flexibility index (Phi) is 6.46. The van der Waals surface area contributed by atoms with Crippen molar-refractivity contribution >= 4 is 40.7 Å². The number of allylic oxidation sites excluding steroid dienone is 1. The monoisotopic (exact) mass is 442 g/mol. The maximum Gasteiger partial charge on any atom is 0.344 e. The number of aliphatic hydroxyl groups excluding tert-OH is 1. The highest BCUT2D eigenvalue weighted by Gasteiger charge is 2.44. The van der Waals surface area contributed by atoms with Crippen molar-refractivity contribution in [3.63, 3.8) is 0 Å². The summed E-state index contributed by atoms with van der Waals surface area (Å²) in [6.07, 6.45) is 3.33. The summed E-state index contributed by atoms with van der Waals surface area (Å²) in [5.74, 6) is -1.99. The van der Waals surface area contributed by atoms with Crippen molar-refractivity contribution in [2.24, 2.45) is 5.41 Å². The molecular formula is C21H24Cl2O6. The maximum absolute atomic E-state index is 11.6. The molecule has 0 aromatic heterocycles. The first kappa shape index (κ1) is 21.9. The van der Waals surface area contributed by atoms with Crippen molar-refractivity contribution in [2.75, 3.05) is 0 Å². The molecule has 0 radical (unpaired) electrons. The van der Waals surface area contributed by atoms with Crippen LogP contribution in [0.25, 0.3) is 5.57 Å². The summed E-state index contributed by atoms with van der Waals surface area (Å²) in [6, 6.07) is 1.74. The van der Waals surface area contributed by atoms with Crippen molar-refractivity contribution in [1.29, 1.82) is 0 Å². The van der Waals surface area contributed by atoms with E-state index in [0.717, 1.165) is 36.0 Å². The molecular weight excluding hydrogens is 419 g/mol. The van der Waals surface area contributed by atoms with Crippen LogP contribution in [0.3, 0.4) is 0 Å². The van der Waals surface area contributed by atoms with E-state index in [1.54, 1.807) is 6.07 Å². The highest BCUT2D eigenvalue weighted by atomic mass is 35.5. The molecule has 0 saturated carbocycles. The fraction of sp³-hybridized carbons (Fsp3) is 0.524. The molecule has 2 aliphatic rings. The van der Waals surface area contributed by atoms with Crippen LogP contribution in [0.5, 0.6) is 5.75 Å². The summed E-state index contributed by atoms with van der Waals surface area (Å²) in [6.45, 7) is 2.10. The average molecular weight is 443 g/mol. The lowest BCUT2D eigenvalue weighted by Crippen LogP contribution is -2.27. The second-order valence-corrected chi connectivity index (χ2v) is 8.52. The van der Waals surface area contributed by atoms with Crippen LogP contribution in [0, 0.1) is 5.41 Å². The number of carboxylic acid groups (broad SMARTS) is 2. The zero-order valence-corrected chi connectivity index (χ0v) is 17.6. The van der Waals surface area contributed by atoms with E-state index in [0.29, 0.717) is 11.4 Å². The minimum Gasteiger partial charge on any atom is -0.481 e. The van der Waals surface area contributed by atoms with Crippen molar-refractivity contribution in [1.82, 2.24) is 0 Å². The molecule has 6 nitrogen and oxygen atoms in total. The first-order valence-corrected chi connectivity index (χ1v) is 10.5. The third kappa shape index (κ3) is 4.25. The smallest absolute Gasteiger partial charge is 0.344 e. The second kappa shape index (κ2) is 8.54. The third-order valence-corrected chi connectivity index (χ3v) is 6.83. The molecule has 0 bridgehead atoms. The predicted molar refractivity (Wildman–Crippen MR) is 110 cm³/mol. The molecule has 3 atom stereocenters. The number of hydrogen-bond donors (Lipinski definition) is 3. The SMILES string of the molecule is CCC12CCC(O)C=C1c1c(cc(OC(CCCC(=O)O)C(=O)O)c(Cl)c1Cl)C2. The molecule has 29 heavy (non-hydrogen) atoms. The molecule has 158 valence electrons. The molecule has 0 aliphatic heterocycles. The lowest BCUT2D eigenvalue weighted by Gasteiger charge is -2.35. The molecule has 3 rings (SSSR count). The molecule has 1 aromatic rings. The van der Waals surface area contributed by atoms with E-state index in [1.807, 2.05) is 6.08 Å². The zero-order chi connectivity index (χ0) is 21.3. The normalized spacial score (nSPS) is 23.7. The van der Waals surface area contributed by atoms with Gasteiger partial charge >= 0.3 is 11.9 Å². The Balaban J connectivity index is 1.93. The van der Waals surface area contributed by atoms with Gasteiger partial charge in [-0.2, -0.15) is 0 Å². The van der Waals surface area contributed by atoms with Gasteiger partial charge in [0, 0.05) is 12.0 Å². The van der Waals surface area contributed by atoms with Gasteiger partial charge in [-0.3, -0.25) is 4.79 Å². The van der Waals surface area contributed by atoms with Gasteiger partial charge in [-0.15, -0.1) is 0 Å². The van der Waals surface area contributed by atoms with E-state index in [9.17, 15) is 19.8 Å². The van der Waals surface area contributed by atoms with Crippen LogP contribution >= 0.6 is 23.2 Å². The van der Waals surface area contributed by atoms with Crippen molar-refractivity contribution in [3.05, 3.63) is 33.3 Å². The van der Waals surface area contributed by atoms with Crippen molar-refractivity contribution in [3.8, 4) is 5.75 Å². The Hall–Kier alpha value is -1.76. The van der Waals surface area contributed by atoms with Crippen LogP contribution in [0.15, 0.2) is 12.1 Å². The Bertz CT molecular complexity index is 865. The van der Waals surface area contributed by atoms with Crippen LogP contribution in [0.2, 0.25) is 10.0 Å². The molecule has 3 N–H and O–H groups in total. The number of aliphatic hydroxyl groups is 1. The largest absolute Gasteiger partial charge is 0.481 e. The van der Waals surface area contributed by atoms with Crippen LogP contribution < -0.4 is 4.74 Å². The van der Waals surface area contributed by atoms with E-state index in [-0.39, 0.29) is 35.4 Å². The average Bonchev–Trinajstić information content (AvgIpc) is 2.98. The Labute approximate surface area is 179 Å². The van der Waals surface area contributed by atoms with E-state index in [2.05, 4.69) is 6.92 Å². The highest BCUT2D eigenvalue weighted by Crippen LogP contribution is 2.58. The first-order chi connectivity index (χ1) is 13.7. The number of ether oxygens (including phenoxy) is 1. The van der Waals surface area contributed by atoms with Crippen LogP contribution in [0.1, 0.15) is 56.6 Å². The van der Waals surface area contributed by atoms with Gasteiger partial charge < -0.3 is 20.1 Å². The van der Waals surface area contributed by atoms with Gasteiger partial charge in [0.1, 0.15) is 10.8 Å². The molecule has 0 amide bonds. The molecule has 8 heteroatoms. The summed E-state index contributed by atoms with van der Waals surface area (Å²) < 4.78 is 5.66. The Morgan fingerprint density at radius 3 is 2.66 bits per heavy atom. The fourth-order valence-electron chi connectivity index (χ4n) is 4.39. The van der Waals surface area contributed by atoms with Crippen LogP contribution in [-0.2, 0) is 16.0 Å². The summed E-state index contributed by atoms with van der Waals surface area (Å²) in [7, 11) is 0. The van der Waals surface area contributed by atoms with Gasteiger partial charge in [0.05, 0.1) is 11.1 Å². The van der Waals surface area contributed by atoms with Crippen molar-refractivity contribution < 1.29 is 29.6 Å². The topological polar surface area (TPSA) is 104 Å². The number of hydrogen-bond acceptors (Lipinski definition) is 4. The standard InChI is InChI=1S/C21H24Cl2O6/c1-2-21-7-6-12(24)9-13(21)17-11(10-21)8-15(18(22)19(17)23)29-14(20(27)28)4-3-5-16(25)26/h8-9,12,14,24H,2-7,10H2,1H3,(H,25,26)(H,27,28). The maximum atomic E-state index is 11.6. The molecule has 1 aromatic carbocycles. The second-order valence-electron chi connectivity index (χ2n) is 7.76. The number of benzene rings is 1. The molecule has 2 aliphatic carbocycles. The highest BCUT2D eigenvalue weighted by molar-refractivity contribution is 6.44. The van der Waals surface area contributed by atoms with Gasteiger partial charge in [-0.25, -0.2) is 4.79 Å². The summed E-state index contributed by atoms with van der Waals surface area (Å²) in [5, 5.41) is 28.8. The number of fused-ring (bicyclic) bond motifs is 3. The lowest BCUT2D eigenvalue weighted by atomic mass is 9.70. The Morgan fingerprint density at radius 1 is 1.31 bits per heavy atom. The number of carbonyl (C=O) groups is 2. The van der Waals surface area contributed by atoms with E-state index < -0.39 is 24.1 Å². The third-order valence-electron chi connectivity index (χ3n) is 5.98. The number of rotatable bonds is 8. The molecule has 3 unspecified atom stereocenters. The van der Waals surface area contributed by atoms with Gasteiger partial charge in [-0.05, 0) is 61.1 Å². The first-order valence-electron chi connectivity index (χ1n) is 9.71. The fourth-order valence-corrected chi connectivity index (χ4v) is 4.90. The van der Waals surface area contributed by atoms with Gasteiger partial charge in [-0.1, -0.05) is 36.2 Å². The van der Waals surface area contributed by atoms with E-state index in [1.165, 1.54) is 0 Å². The summed E-state index contributed by atoms with van der Waals surface area (Å²) >= 11 is 13.0. The molecule has 0 saturated heterocycles. The summed E-state index contributed by atoms with van der Waals surface area (Å²) in [4.78, 5) is 22.3. The predicted octanol–water partition coefficient (Wildman–Crippen LogP) is 4.57. The van der Waals surface area contributed by atoms with Gasteiger partial charge in [0.15, 0.2) is 6.10 Å². The Morgan fingerprint density at radius 2 is 2.03 bits per heavy atom. The van der Waals surface area contributed by atoms with E-state index in [4.69, 9.17) is 33.0 Å². The lowest BCUT2D eigenvalue weighted by molar-refractivity contribution is -0.146. The van der Waals surface area contributed by atoms with Crippen LogP contribution in [-0.4, -0.2) is 39.5 Å². The van der Waals surface area contributed by atoms with Gasteiger partial charge in [0.2, 0.25) is 0 Å². The minimum absolute atomic E-state index is 0.0446. The number of aliphatic carboxylic acids is 2. The quantitative estimate of drug-likeness (QED) is 0.544. The molecule has 0 fully saturated rings. The molecule has 0 spiro atoms. The summed E-state index contributed by atoms with van der Waals surface area (Å²) in [5.41, 5.74) is 2.62. The van der Waals surface area contributed by atoms with Gasteiger partial charge in [0.25, 0.3) is 0 Å². The van der Waals surface area contributed by atoms with Crippen molar-refractivity contribution in [2.45, 2.75) is 64.1 Å². The molecule has 0 heterocycles.